The molecular weight excluding hydrogens is 398 g/mol. The number of aryl methyl sites for hydroxylation is 1. The van der Waals surface area contributed by atoms with Gasteiger partial charge in [0.25, 0.3) is 5.91 Å². The molecule has 0 aliphatic rings. The lowest BCUT2D eigenvalue weighted by atomic mass is 10.1. The van der Waals surface area contributed by atoms with Gasteiger partial charge in [-0.1, -0.05) is 42.5 Å². The molecule has 1 N–H and O–H groups in total. The maximum absolute atomic E-state index is 13.0. The molecule has 1 aromatic carbocycles. The van der Waals surface area contributed by atoms with Crippen LogP contribution in [-0.2, 0) is 0 Å². The summed E-state index contributed by atoms with van der Waals surface area (Å²) in [6.45, 7) is 7.32. The molecule has 0 atom stereocenters. The number of carbonyl (C=O) groups is 1. The van der Waals surface area contributed by atoms with Crippen molar-refractivity contribution in [1.29, 1.82) is 0 Å². The number of anilines is 1. The predicted molar refractivity (Wildman–Crippen MR) is 123 cm³/mol. The second kappa shape index (κ2) is 8.97. The highest BCUT2D eigenvalue weighted by molar-refractivity contribution is 6.31. The molecule has 0 radical (unpaired) electrons. The van der Waals surface area contributed by atoms with Crippen molar-refractivity contribution in [3.63, 3.8) is 0 Å². The molecule has 6 nitrogen and oxygen atoms in total. The molecule has 0 aliphatic heterocycles. The van der Waals surface area contributed by atoms with Gasteiger partial charge in [-0.05, 0) is 38.1 Å². The van der Waals surface area contributed by atoms with Crippen molar-refractivity contribution in [3.8, 4) is 5.69 Å². The highest BCUT2D eigenvalue weighted by Crippen LogP contribution is 2.32. The molecule has 2 aromatic heterocycles. The van der Waals surface area contributed by atoms with Crippen LogP contribution in [0.15, 0.2) is 72.1 Å². The third-order valence-electron chi connectivity index (χ3n) is 4.53. The van der Waals surface area contributed by atoms with Crippen LogP contribution in [0.1, 0.15) is 23.0 Å². The Morgan fingerprint density at radius 2 is 1.93 bits per heavy atom. The quantitative estimate of drug-likeness (QED) is 0.584. The SMILES string of the molecule is C=C/C(Cl)=C\C=C(/C)NC(=O)c1cnc2c(c(C)nn2-c2ccccc2)c1N(C)C. The van der Waals surface area contributed by atoms with Crippen molar-refractivity contribution in [1.82, 2.24) is 20.1 Å². The van der Waals surface area contributed by atoms with Gasteiger partial charge >= 0.3 is 0 Å². The van der Waals surface area contributed by atoms with Crippen molar-refractivity contribution >= 4 is 34.2 Å². The van der Waals surface area contributed by atoms with Crippen LogP contribution in [0.25, 0.3) is 16.7 Å². The van der Waals surface area contributed by atoms with E-state index >= 15 is 0 Å². The molecule has 0 spiro atoms. The average molecular weight is 422 g/mol. The second-order valence-electron chi connectivity index (χ2n) is 7.01. The molecule has 1 amide bonds. The lowest BCUT2D eigenvalue weighted by molar-refractivity contribution is 0.0966. The van der Waals surface area contributed by atoms with E-state index in [-0.39, 0.29) is 5.91 Å². The second-order valence-corrected chi connectivity index (χ2v) is 7.44. The van der Waals surface area contributed by atoms with E-state index in [4.69, 9.17) is 11.6 Å². The summed E-state index contributed by atoms with van der Waals surface area (Å²) in [5.41, 5.74) is 4.30. The Labute approximate surface area is 181 Å². The number of allylic oxidation sites excluding steroid dienone is 5. The molecule has 3 aromatic rings. The van der Waals surface area contributed by atoms with E-state index in [1.165, 1.54) is 6.08 Å². The number of amides is 1. The summed E-state index contributed by atoms with van der Waals surface area (Å²) < 4.78 is 1.80. The standard InChI is InChI=1S/C23H24ClN5O/c1-6-17(24)13-12-15(2)26-23(30)19-14-25-22-20(21(19)28(4)5)16(3)27-29(22)18-10-8-7-9-11-18/h6-14H,1H2,2-5H3,(H,26,30)/b15-12+,17-13+. The monoisotopic (exact) mass is 421 g/mol. The summed E-state index contributed by atoms with van der Waals surface area (Å²) in [6.07, 6.45) is 6.52. The predicted octanol–water partition coefficient (Wildman–Crippen LogP) is 4.74. The van der Waals surface area contributed by atoms with E-state index < -0.39 is 0 Å². The topological polar surface area (TPSA) is 63.1 Å². The minimum atomic E-state index is -0.253. The zero-order valence-electron chi connectivity index (χ0n) is 17.5. The number of fused-ring (bicyclic) bond motifs is 1. The molecule has 3 rings (SSSR count). The highest BCUT2D eigenvalue weighted by Gasteiger charge is 2.22. The fourth-order valence-electron chi connectivity index (χ4n) is 3.17. The van der Waals surface area contributed by atoms with Crippen molar-refractivity contribution in [2.45, 2.75) is 13.8 Å². The molecular formula is C23H24ClN5O. The number of halogens is 1. The molecule has 30 heavy (non-hydrogen) atoms. The first-order valence-corrected chi connectivity index (χ1v) is 9.80. The van der Waals surface area contributed by atoms with E-state index in [0.717, 1.165) is 22.5 Å². The molecule has 0 bridgehead atoms. The van der Waals surface area contributed by atoms with Crippen LogP contribution in [0.3, 0.4) is 0 Å². The molecule has 0 aliphatic carbocycles. The fraction of sp³-hybridized carbons (Fsp3) is 0.174. The molecule has 2 heterocycles. The minimum absolute atomic E-state index is 0.253. The van der Waals surface area contributed by atoms with Gasteiger partial charge in [0.15, 0.2) is 5.65 Å². The van der Waals surface area contributed by atoms with E-state index in [0.29, 0.717) is 21.9 Å². The van der Waals surface area contributed by atoms with Gasteiger partial charge in [0.05, 0.1) is 28.0 Å². The van der Waals surface area contributed by atoms with Gasteiger partial charge in [-0.15, -0.1) is 0 Å². The number of nitrogens with zero attached hydrogens (tertiary/aromatic N) is 4. The van der Waals surface area contributed by atoms with E-state index in [2.05, 4.69) is 22.0 Å². The Bertz CT molecular complexity index is 1160. The number of pyridine rings is 1. The van der Waals surface area contributed by atoms with Crippen LogP contribution in [-0.4, -0.2) is 34.8 Å². The number of benzene rings is 1. The Kier molecular flexibility index (Phi) is 6.37. The number of hydrogen-bond acceptors (Lipinski definition) is 4. The Morgan fingerprint density at radius 3 is 2.57 bits per heavy atom. The summed E-state index contributed by atoms with van der Waals surface area (Å²) in [4.78, 5) is 19.5. The molecule has 0 unspecified atom stereocenters. The third-order valence-corrected chi connectivity index (χ3v) is 4.82. The first-order valence-electron chi connectivity index (χ1n) is 9.42. The Morgan fingerprint density at radius 1 is 1.23 bits per heavy atom. The normalized spacial score (nSPS) is 12.2. The molecule has 0 saturated heterocycles. The van der Waals surface area contributed by atoms with Crippen LogP contribution in [0.2, 0.25) is 0 Å². The average Bonchev–Trinajstić information content (AvgIpc) is 3.08. The first-order chi connectivity index (χ1) is 14.3. The lowest BCUT2D eigenvalue weighted by Gasteiger charge is -2.18. The number of para-hydroxylation sites is 1. The Balaban J connectivity index is 2.09. The van der Waals surface area contributed by atoms with Gasteiger partial charge in [0.2, 0.25) is 0 Å². The van der Waals surface area contributed by atoms with Crippen molar-refractivity contribution < 1.29 is 4.79 Å². The van der Waals surface area contributed by atoms with Crippen molar-refractivity contribution in [2.75, 3.05) is 19.0 Å². The van der Waals surface area contributed by atoms with Gasteiger partial charge in [0.1, 0.15) is 0 Å². The van der Waals surface area contributed by atoms with Gasteiger partial charge in [-0.25, -0.2) is 9.67 Å². The summed E-state index contributed by atoms with van der Waals surface area (Å²) >= 11 is 5.93. The molecule has 154 valence electrons. The summed E-state index contributed by atoms with van der Waals surface area (Å²) in [5.74, 6) is -0.253. The number of hydrogen-bond donors (Lipinski definition) is 1. The number of aromatic nitrogens is 3. The summed E-state index contributed by atoms with van der Waals surface area (Å²) in [7, 11) is 3.81. The highest BCUT2D eigenvalue weighted by atomic mass is 35.5. The zero-order valence-corrected chi connectivity index (χ0v) is 18.2. The summed E-state index contributed by atoms with van der Waals surface area (Å²) in [5, 5.41) is 8.89. The van der Waals surface area contributed by atoms with Gasteiger partial charge in [0, 0.05) is 31.0 Å². The van der Waals surface area contributed by atoms with Crippen LogP contribution in [0, 0.1) is 6.92 Å². The molecule has 0 fully saturated rings. The van der Waals surface area contributed by atoms with E-state index in [1.807, 2.05) is 56.3 Å². The molecule has 7 heteroatoms. The van der Waals surface area contributed by atoms with E-state index in [9.17, 15) is 4.79 Å². The number of rotatable bonds is 6. The van der Waals surface area contributed by atoms with Crippen LogP contribution < -0.4 is 10.2 Å². The summed E-state index contributed by atoms with van der Waals surface area (Å²) in [6, 6.07) is 9.81. The van der Waals surface area contributed by atoms with Gasteiger partial charge < -0.3 is 10.2 Å². The molecule has 0 saturated carbocycles. The first kappa shape index (κ1) is 21.3. The van der Waals surface area contributed by atoms with Crippen molar-refractivity contribution in [3.05, 3.63) is 83.3 Å². The number of carbonyl (C=O) groups excluding carboxylic acids is 1. The van der Waals surface area contributed by atoms with E-state index in [1.54, 1.807) is 30.0 Å². The van der Waals surface area contributed by atoms with Crippen LogP contribution in [0.5, 0.6) is 0 Å². The minimum Gasteiger partial charge on any atom is -0.376 e. The maximum atomic E-state index is 13.0. The smallest absolute Gasteiger partial charge is 0.259 e. The van der Waals surface area contributed by atoms with Gasteiger partial charge in [-0.3, -0.25) is 4.79 Å². The zero-order chi connectivity index (χ0) is 21.8. The fourth-order valence-corrected chi connectivity index (χ4v) is 3.24. The maximum Gasteiger partial charge on any atom is 0.259 e. The Hall–Kier alpha value is -3.38. The largest absolute Gasteiger partial charge is 0.376 e. The van der Waals surface area contributed by atoms with Crippen LogP contribution in [0.4, 0.5) is 5.69 Å². The lowest BCUT2D eigenvalue weighted by Crippen LogP contribution is -2.25. The third kappa shape index (κ3) is 4.28. The van der Waals surface area contributed by atoms with Gasteiger partial charge in [-0.2, -0.15) is 5.10 Å². The number of nitrogens with one attached hydrogen (secondary N) is 1. The van der Waals surface area contributed by atoms with Crippen LogP contribution >= 0.6 is 11.6 Å². The van der Waals surface area contributed by atoms with Crippen molar-refractivity contribution in [2.24, 2.45) is 0 Å².